The van der Waals surface area contributed by atoms with E-state index in [-0.39, 0.29) is 11.9 Å². The fourth-order valence-electron chi connectivity index (χ4n) is 3.40. The van der Waals surface area contributed by atoms with Gasteiger partial charge in [-0.1, -0.05) is 6.07 Å². The van der Waals surface area contributed by atoms with Crippen LogP contribution in [-0.4, -0.2) is 56.9 Å². The van der Waals surface area contributed by atoms with E-state index in [0.29, 0.717) is 12.3 Å². The zero-order valence-electron chi connectivity index (χ0n) is 13.5. The summed E-state index contributed by atoms with van der Waals surface area (Å²) in [4.78, 5) is 18.3. The minimum atomic E-state index is 0.153. The first kappa shape index (κ1) is 15.3. The predicted molar refractivity (Wildman–Crippen MR) is 86.4 cm³/mol. The van der Waals surface area contributed by atoms with Gasteiger partial charge in [-0.3, -0.25) is 9.78 Å². The van der Waals surface area contributed by atoms with Crippen molar-refractivity contribution in [3.63, 3.8) is 0 Å². The highest BCUT2D eigenvalue weighted by Gasteiger charge is 2.34. The number of carbonyl (C=O) groups excluding carboxylic acids is 1. The number of nitrogens with zero attached hydrogens (tertiary/aromatic N) is 5. The molecule has 0 atom stereocenters. The van der Waals surface area contributed by atoms with Crippen molar-refractivity contribution in [3.8, 4) is 0 Å². The zero-order chi connectivity index (χ0) is 16.4. The first-order chi connectivity index (χ1) is 11.8. The maximum Gasteiger partial charge on any atom is 0.227 e. The minimum absolute atomic E-state index is 0.153. The molecule has 2 aromatic heterocycles. The number of rotatable bonds is 4. The van der Waals surface area contributed by atoms with Gasteiger partial charge in [-0.25, -0.2) is 0 Å². The van der Waals surface area contributed by atoms with Crippen LogP contribution < -0.4 is 0 Å². The number of hydrogen-bond acceptors (Lipinski definition) is 5. The quantitative estimate of drug-likeness (QED) is 0.843. The second kappa shape index (κ2) is 6.68. The number of hydrogen-bond donors (Lipinski definition) is 0. The smallest absolute Gasteiger partial charge is 0.227 e. The summed E-state index contributed by atoms with van der Waals surface area (Å²) in [6.45, 7) is 3.04. The topological polar surface area (TPSA) is 73.1 Å². The maximum absolute atomic E-state index is 12.3. The highest BCUT2D eigenvalue weighted by atomic mass is 16.5. The molecule has 2 aromatic rings. The van der Waals surface area contributed by atoms with Crippen LogP contribution in [0.1, 0.15) is 36.2 Å². The van der Waals surface area contributed by atoms with Crippen molar-refractivity contribution >= 4 is 5.91 Å². The standard InChI is InChI=1S/C17H21N5O2/c23-16(8-13-2-1-5-18-9-13)21-10-15(11-21)22-12-19-20-17(22)14-3-6-24-7-4-14/h1-2,5,9,12,14-15H,3-4,6-8,10-11H2. The molecule has 24 heavy (non-hydrogen) atoms. The Morgan fingerprint density at radius 1 is 1.29 bits per heavy atom. The Morgan fingerprint density at radius 3 is 2.88 bits per heavy atom. The SMILES string of the molecule is O=C(Cc1cccnc1)N1CC(n2cnnc2C2CCOCC2)C1. The zero-order valence-corrected chi connectivity index (χ0v) is 13.5. The third-order valence-electron chi connectivity index (χ3n) is 4.87. The second-order valence-corrected chi connectivity index (χ2v) is 6.47. The van der Waals surface area contributed by atoms with Crippen molar-refractivity contribution in [1.29, 1.82) is 0 Å². The van der Waals surface area contributed by atoms with Gasteiger partial charge in [-0.05, 0) is 24.5 Å². The molecular formula is C17H21N5O2. The molecule has 0 saturated carbocycles. The van der Waals surface area contributed by atoms with Crippen LogP contribution in [0.15, 0.2) is 30.9 Å². The molecule has 1 amide bonds. The van der Waals surface area contributed by atoms with Gasteiger partial charge in [-0.2, -0.15) is 0 Å². The molecule has 0 aliphatic carbocycles. The third kappa shape index (κ3) is 3.03. The Kier molecular flexibility index (Phi) is 4.25. The molecule has 0 radical (unpaired) electrons. The maximum atomic E-state index is 12.3. The molecule has 2 fully saturated rings. The summed E-state index contributed by atoms with van der Waals surface area (Å²) in [6.07, 6.45) is 7.67. The van der Waals surface area contributed by atoms with E-state index >= 15 is 0 Å². The molecule has 0 spiro atoms. The van der Waals surface area contributed by atoms with Gasteiger partial charge in [0.15, 0.2) is 0 Å². The first-order valence-corrected chi connectivity index (χ1v) is 8.45. The predicted octanol–water partition coefficient (Wildman–Crippen LogP) is 1.19. The van der Waals surface area contributed by atoms with Crippen molar-refractivity contribution in [3.05, 3.63) is 42.2 Å². The first-order valence-electron chi connectivity index (χ1n) is 8.45. The van der Waals surface area contributed by atoms with Gasteiger partial charge >= 0.3 is 0 Å². The van der Waals surface area contributed by atoms with E-state index in [1.54, 1.807) is 18.7 Å². The fourth-order valence-corrected chi connectivity index (χ4v) is 3.40. The van der Waals surface area contributed by atoms with Gasteiger partial charge < -0.3 is 14.2 Å². The lowest BCUT2D eigenvalue weighted by Gasteiger charge is -2.41. The van der Waals surface area contributed by atoms with Crippen molar-refractivity contribution in [2.75, 3.05) is 26.3 Å². The average molecular weight is 327 g/mol. The van der Waals surface area contributed by atoms with Crippen LogP contribution in [0.4, 0.5) is 0 Å². The molecule has 2 aliphatic rings. The van der Waals surface area contributed by atoms with E-state index < -0.39 is 0 Å². The Morgan fingerprint density at radius 2 is 2.12 bits per heavy atom. The van der Waals surface area contributed by atoms with E-state index in [4.69, 9.17) is 4.74 Å². The van der Waals surface area contributed by atoms with E-state index in [9.17, 15) is 4.79 Å². The Labute approximate surface area is 140 Å². The molecule has 126 valence electrons. The van der Waals surface area contributed by atoms with Gasteiger partial charge in [0, 0.05) is 44.6 Å². The Hall–Kier alpha value is -2.28. The Balaban J connectivity index is 1.36. The van der Waals surface area contributed by atoms with Crippen LogP contribution in [0.3, 0.4) is 0 Å². The fraction of sp³-hybridized carbons (Fsp3) is 0.529. The van der Waals surface area contributed by atoms with E-state index in [0.717, 1.165) is 50.5 Å². The number of amides is 1. The van der Waals surface area contributed by atoms with Gasteiger partial charge in [-0.15, -0.1) is 10.2 Å². The number of carbonyl (C=O) groups is 1. The number of aromatic nitrogens is 4. The molecule has 4 heterocycles. The summed E-state index contributed by atoms with van der Waals surface area (Å²) in [5.41, 5.74) is 0.957. The van der Waals surface area contributed by atoms with Crippen molar-refractivity contribution in [1.82, 2.24) is 24.6 Å². The lowest BCUT2D eigenvalue weighted by atomic mass is 9.98. The summed E-state index contributed by atoms with van der Waals surface area (Å²) in [5.74, 6) is 1.61. The molecule has 7 heteroatoms. The molecule has 0 N–H and O–H groups in total. The highest BCUT2D eigenvalue weighted by Crippen LogP contribution is 2.30. The van der Waals surface area contributed by atoms with Crippen LogP contribution in [-0.2, 0) is 16.0 Å². The minimum Gasteiger partial charge on any atom is -0.381 e. The average Bonchev–Trinajstić information content (AvgIpc) is 3.04. The van der Waals surface area contributed by atoms with Gasteiger partial charge in [0.25, 0.3) is 0 Å². The lowest BCUT2D eigenvalue weighted by molar-refractivity contribution is -0.136. The van der Waals surface area contributed by atoms with Crippen LogP contribution in [0, 0.1) is 0 Å². The molecule has 2 saturated heterocycles. The largest absolute Gasteiger partial charge is 0.381 e. The number of pyridine rings is 1. The summed E-state index contributed by atoms with van der Waals surface area (Å²) in [5, 5.41) is 8.42. The monoisotopic (exact) mass is 327 g/mol. The summed E-state index contributed by atoms with van der Waals surface area (Å²) in [6, 6.07) is 4.08. The van der Waals surface area contributed by atoms with E-state index in [1.165, 1.54) is 0 Å². The molecule has 0 aromatic carbocycles. The van der Waals surface area contributed by atoms with Crippen LogP contribution in [0.5, 0.6) is 0 Å². The molecular weight excluding hydrogens is 306 g/mol. The van der Waals surface area contributed by atoms with Crippen molar-refractivity contribution in [2.45, 2.75) is 31.2 Å². The summed E-state index contributed by atoms with van der Waals surface area (Å²) in [7, 11) is 0. The van der Waals surface area contributed by atoms with Crippen LogP contribution >= 0.6 is 0 Å². The number of likely N-dealkylation sites (tertiary alicyclic amines) is 1. The molecule has 7 nitrogen and oxygen atoms in total. The van der Waals surface area contributed by atoms with Crippen molar-refractivity contribution < 1.29 is 9.53 Å². The van der Waals surface area contributed by atoms with Crippen LogP contribution in [0.25, 0.3) is 0 Å². The van der Waals surface area contributed by atoms with Gasteiger partial charge in [0.05, 0.1) is 12.5 Å². The second-order valence-electron chi connectivity index (χ2n) is 6.47. The highest BCUT2D eigenvalue weighted by molar-refractivity contribution is 5.79. The third-order valence-corrected chi connectivity index (χ3v) is 4.87. The Bertz CT molecular complexity index is 690. The lowest BCUT2D eigenvalue weighted by Crippen LogP contribution is -2.51. The molecule has 0 bridgehead atoms. The normalized spacial score (nSPS) is 19.2. The van der Waals surface area contributed by atoms with Gasteiger partial charge in [0.2, 0.25) is 5.91 Å². The number of ether oxygens (including phenoxy) is 1. The van der Waals surface area contributed by atoms with Crippen molar-refractivity contribution in [2.24, 2.45) is 0 Å². The van der Waals surface area contributed by atoms with Crippen LogP contribution in [0.2, 0.25) is 0 Å². The molecule has 2 aliphatic heterocycles. The van der Waals surface area contributed by atoms with E-state index in [2.05, 4.69) is 19.7 Å². The summed E-state index contributed by atoms with van der Waals surface area (Å²) >= 11 is 0. The summed E-state index contributed by atoms with van der Waals surface area (Å²) < 4.78 is 7.58. The molecule has 4 rings (SSSR count). The molecule has 0 unspecified atom stereocenters. The van der Waals surface area contributed by atoms with Gasteiger partial charge in [0.1, 0.15) is 12.2 Å². The van der Waals surface area contributed by atoms with E-state index in [1.807, 2.05) is 17.0 Å².